The van der Waals surface area contributed by atoms with Gasteiger partial charge >= 0.3 is 0 Å². The van der Waals surface area contributed by atoms with Crippen molar-refractivity contribution in [1.29, 1.82) is 0 Å². The maximum atomic E-state index is 2.22. The number of hydrogen-bond donors (Lipinski definition) is 0. The highest BCUT2D eigenvalue weighted by molar-refractivity contribution is 5.17. The summed E-state index contributed by atoms with van der Waals surface area (Å²) in [5.74, 6) is 3.54. The predicted molar refractivity (Wildman–Crippen MR) is 165 cm³/mol. The van der Waals surface area contributed by atoms with Gasteiger partial charge in [-0.2, -0.15) is 0 Å². The highest BCUT2D eigenvalue weighted by Gasteiger charge is 1.93. The normalized spacial score (nSPS) is 9.83. The van der Waals surface area contributed by atoms with E-state index in [2.05, 4.69) is 144 Å². The van der Waals surface area contributed by atoms with Gasteiger partial charge in [0, 0.05) is 0 Å². The fraction of sp³-hybridized carbons (Fsp3) is 0.657. The lowest BCUT2D eigenvalue weighted by molar-refractivity contribution is 0.626. The lowest BCUT2D eigenvalue weighted by atomic mass is 10.0. The zero-order valence-corrected chi connectivity index (χ0v) is 26.0. The molecule has 0 aromatic heterocycles. The summed E-state index contributed by atoms with van der Waals surface area (Å²) in [5.41, 5.74) is 2.88. The Balaban J connectivity index is -0.000000427. The molecule has 0 saturated carbocycles. The molecule has 2 aromatic rings. The molecule has 0 amide bonds. The second kappa shape index (κ2) is 28.7. The first kappa shape index (κ1) is 38.0. The lowest BCUT2D eigenvalue weighted by Gasteiger charge is -2.01. The van der Waals surface area contributed by atoms with Crippen LogP contribution in [-0.2, 0) is 12.8 Å². The quantitative estimate of drug-likeness (QED) is 0.349. The third-order valence-corrected chi connectivity index (χ3v) is 5.88. The molecule has 0 heterocycles. The Labute approximate surface area is 223 Å². The summed E-state index contributed by atoms with van der Waals surface area (Å²) in [6.07, 6.45) is 8.81. The van der Waals surface area contributed by atoms with Crippen molar-refractivity contribution >= 4 is 0 Å². The van der Waals surface area contributed by atoms with Gasteiger partial charge < -0.3 is 0 Å². The zero-order valence-electron chi connectivity index (χ0n) is 26.0. The molecular formula is C35H64. The first-order valence-corrected chi connectivity index (χ1v) is 14.6. The van der Waals surface area contributed by atoms with Crippen LogP contribution in [0.5, 0.6) is 0 Å². The van der Waals surface area contributed by atoms with E-state index in [4.69, 9.17) is 0 Å². The number of aryl methyl sites for hydroxylation is 2. The van der Waals surface area contributed by atoms with Crippen LogP contribution in [-0.4, -0.2) is 0 Å². The van der Waals surface area contributed by atoms with Gasteiger partial charge in [0.15, 0.2) is 0 Å². The molecule has 0 atom stereocenters. The third-order valence-electron chi connectivity index (χ3n) is 5.88. The molecule has 0 saturated heterocycles. The second-order valence-corrected chi connectivity index (χ2v) is 11.0. The van der Waals surface area contributed by atoms with Crippen LogP contribution in [0.2, 0.25) is 0 Å². The van der Waals surface area contributed by atoms with E-state index < -0.39 is 0 Å². The number of hydrogen-bond acceptors (Lipinski definition) is 0. The van der Waals surface area contributed by atoms with Crippen molar-refractivity contribution in [2.45, 2.75) is 128 Å². The zero-order chi connectivity index (χ0) is 27.5. The SMILES string of the molecule is CCC(C)C.CCC(C)C.CCC(C)C.CCC(C)C.c1ccc(CCCc2ccccc2)cc1. The molecule has 0 heteroatoms. The van der Waals surface area contributed by atoms with Crippen molar-refractivity contribution in [3.8, 4) is 0 Å². The topological polar surface area (TPSA) is 0 Å². The molecule has 0 aliphatic rings. The molecular weight excluding hydrogens is 420 g/mol. The second-order valence-electron chi connectivity index (χ2n) is 11.0. The molecule has 0 nitrogen and oxygen atoms in total. The Morgan fingerprint density at radius 1 is 0.400 bits per heavy atom. The lowest BCUT2D eigenvalue weighted by Crippen LogP contribution is -1.89. The smallest absolute Gasteiger partial charge is 0.0276 e. The Kier molecular flexibility index (Phi) is 31.1. The van der Waals surface area contributed by atoms with Crippen molar-refractivity contribution in [2.24, 2.45) is 23.7 Å². The molecule has 204 valence electrons. The van der Waals surface area contributed by atoms with Crippen LogP contribution in [0.1, 0.15) is 126 Å². The molecule has 2 aromatic carbocycles. The molecule has 0 fully saturated rings. The van der Waals surface area contributed by atoms with Crippen LogP contribution < -0.4 is 0 Å². The van der Waals surface area contributed by atoms with Gasteiger partial charge in [-0.1, -0.05) is 169 Å². The van der Waals surface area contributed by atoms with Crippen LogP contribution >= 0.6 is 0 Å². The number of rotatable bonds is 8. The molecule has 0 N–H and O–H groups in total. The monoisotopic (exact) mass is 485 g/mol. The van der Waals surface area contributed by atoms with Gasteiger partial charge in [0.1, 0.15) is 0 Å². The fourth-order valence-corrected chi connectivity index (χ4v) is 1.79. The van der Waals surface area contributed by atoms with Crippen LogP contribution in [0, 0.1) is 23.7 Å². The fourth-order valence-electron chi connectivity index (χ4n) is 1.79. The van der Waals surface area contributed by atoms with Crippen molar-refractivity contribution in [3.05, 3.63) is 71.8 Å². The Bertz CT molecular complexity index is 521. The summed E-state index contributed by atoms with van der Waals surface area (Å²) in [7, 11) is 0. The standard InChI is InChI=1S/C15H16.4C5H12/c1-3-8-14(9-4-1)12-7-13-15-10-5-2-6-11-15;4*1-4-5(2)3/h1-6,8-11H,7,12-13H2;4*5H,4H2,1-3H3. The molecule has 0 radical (unpaired) electrons. The maximum Gasteiger partial charge on any atom is -0.0276 e. The van der Waals surface area contributed by atoms with E-state index in [0.29, 0.717) is 0 Å². The van der Waals surface area contributed by atoms with Crippen molar-refractivity contribution in [1.82, 2.24) is 0 Å². The van der Waals surface area contributed by atoms with E-state index in [1.165, 1.54) is 56.1 Å². The van der Waals surface area contributed by atoms with Gasteiger partial charge in [0.2, 0.25) is 0 Å². The molecule has 35 heavy (non-hydrogen) atoms. The average molecular weight is 485 g/mol. The molecule has 0 unspecified atom stereocenters. The largest absolute Gasteiger partial charge is 0.0651 e. The summed E-state index contributed by atoms with van der Waals surface area (Å²) in [5, 5.41) is 0. The van der Waals surface area contributed by atoms with Crippen LogP contribution in [0.4, 0.5) is 0 Å². The van der Waals surface area contributed by atoms with Crippen molar-refractivity contribution in [2.75, 3.05) is 0 Å². The van der Waals surface area contributed by atoms with Gasteiger partial charge in [-0.05, 0) is 54.1 Å². The summed E-state index contributed by atoms with van der Waals surface area (Å²) in [4.78, 5) is 0. The van der Waals surface area contributed by atoms with Crippen molar-refractivity contribution in [3.63, 3.8) is 0 Å². The molecule has 0 bridgehead atoms. The van der Waals surface area contributed by atoms with E-state index in [9.17, 15) is 0 Å². The predicted octanol–water partition coefficient (Wildman–Crippen LogP) is 12.1. The highest BCUT2D eigenvalue weighted by Crippen LogP contribution is 2.07. The van der Waals surface area contributed by atoms with E-state index in [0.717, 1.165) is 23.7 Å². The Hall–Kier alpha value is -1.56. The molecule has 0 aliphatic carbocycles. The van der Waals surface area contributed by atoms with E-state index in [1.807, 2.05) is 0 Å². The van der Waals surface area contributed by atoms with Crippen molar-refractivity contribution < 1.29 is 0 Å². The maximum absolute atomic E-state index is 2.22. The molecule has 0 aliphatic heterocycles. The van der Waals surface area contributed by atoms with Gasteiger partial charge in [0.25, 0.3) is 0 Å². The summed E-state index contributed by atoms with van der Waals surface area (Å²) in [6, 6.07) is 21.4. The summed E-state index contributed by atoms with van der Waals surface area (Å²) in [6.45, 7) is 26.6. The Morgan fingerprint density at radius 3 is 0.771 bits per heavy atom. The van der Waals surface area contributed by atoms with E-state index in [-0.39, 0.29) is 0 Å². The average Bonchev–Trinajstić information content (AvgIpc) is 2.86. The van der Waals surface area contributed by atoms with Crippen LogP contribution in [0.25, 0.3) is 0 Å². The first-order chi connectivity index (χ1) is 16.5. The summed E-state index contributed by atoms with van der Waals surface area (Å²) < 4.78 is 0. The minimum absolute atomic E-state index is 0.884. The van der Waals surface area contributed by atoms with Gasteiger partial charge in [0.05, 0.1) is 0 Å². The minimum atomic E-state index is 0.884. The highest BCUT2D eigenvalue weighted by atomic mass is 14.0. The third kappa shape index (κ3) is 37.2. The Morgan fingerprint density at radius 2 is 0.600 bits per heavy atom. The van der Waals surface area contributed by atoms with E-state index in [1.54, 1.807) is 0 Å². The van der Waals surface area contributed by atoms with E-state index >= 15 is 0 Å². The number of benzene rings is 2. The van der Waals surface area contributed by atoms with Gasteiger partial charge in [-0.15, -0.1) is 0 Å². The van der Waals surface area contributed by atoms with Gasteiger partial charge in [-0.3, -0.25) is 0 Å². The minimum Gasteiger partial charge on any atom is -0.0651 e. The molecule has 2 rings (SSSR count). The first-order valence-electron chi connectivity index (χ1n) is 14.6. The van der Waals surface area contributed by atoms with Crippen LogP contribution in [0.3, 0.4) is 0 Å². The van der Waals surface area contributed by atoms with Gasteiger partial charge in [-0.25, -0.2) is 0 Å². The summed E-state index contributed by atoms with van der Waals surface area (Å²) >= 11 is 0. The molecule has 0 spiro atoms. The van der Waals surface area contributed by atoms with Crippen LogP contribution in [0.15, 0.2) is 60.7 Å².